The van der Waals surface area contributed by atoms with Gasteiger partial charge in [0.05, 0.1) is 16.8 Å². The van der Waals surface area contributed by atoms with Crippen LogP contribution in [0, 0.1) is 0 Å². The Balaban J connectivity index is 2.71. The molecule has 0 aromatic carbocycles. The highest BCUT2D eigenvalue weighted by Gasteiger charge is 2.28. The van der Waals surface area contributed by atoms with Crippen LogP contribution in [0.15, 0.2) is 12.5 Å². The third-order valence-electron chi connectivity index (χ3n) is 2.40. The zero-order valence-electron chi connectivity index (χ0n) is 10.0. The van der Waals surface area contributed by atoms with Crippen molar-refractivity contribution in [3.8, 4) is 0 Å². The molecule has 0 atom stereocenters. The highest BCUT2D eigenvalue weighted by atomic mass is 32.2. The van der Waals surface area contributed by atoms with Crippen molar-refractivity contribution in [3.05, 3.63) is 18.2 Å². The van der Waals surface area contributed by atoms with Crippen LogP contribution in [0.2, 0.25) is 0 Å². The molecule has 0 unspecified atom stereocenters. The molecule has 1 aromatic heterocycles. The average Bonchev–Trinajstić information content (AvgIpc) is 2.61. The molecule has 1 N–H and O–H groups in total. The number of imidazole rings is 1. The molecule has 0 saturated carbocycles. The first-order valence-electron chi connectivity index (χ1n) is 5.11. The summed E-state index contributed by atoms with van der Waals surface area (Å²) in [6, 6.07) is 0. The van der Waals surface area contributed by atoms with Gasteiger partial charge in [0.1, 0.15) is 0 Å². The lowest BCUT2D eigenvalue weighted by Crippen LogP contribution is -2.31. The molecule has 1 aromatic rings. The second-order valence-corrected chi connectivity index (χ2v) is 7.60. The summed E-state index contributed by atoms with van der Waals surface area (Å²) >= 11 is 0. The summed E-state index contributed by atoms with van der Waals surface area (Å²) in [6.07, 6.45) is 2.64. The van der Waals surface area contributed by atoms with Crippen molar-refractivity contribution in [2.75, 3.05) is 5.75 Å². The van der Waals surface area contributed by atoms with E-state index in [1.54, 1.807) is 20.8 Å². The van der Waals surface area contributed by atoms with Crippen LogP contribution in [-0.4, -0.2) is 39.5 Å². The fourth-order valence-electron chi connectivity index (χ4n) is 1.12. The number of aromatic carboxylic acids is 1. The molecule has 1 heterocycles. The minimum absolute atomic E-state index is 0.0358. The molecular formula is C10H16N2O4S. The van der Waals surface area contributed by atoms with Crippen LogP contribution in [0.4, 0.5) is 0 Å². The maximum Gasteiger partial charge on any atom is 0.356 e. The molecule has 17 heavy (non-hydrogen) atoms. The van der Waals surface area contributed by atoms with Gasteiger partial charge in [0.15, 0.2) is 15.5 Å². The minimum Gasteiger partial charge on any atom is -0.476 e. The van der Waals surface area contributed by atoms with E-state index in [9.17, 15) is 13.2 Å². The highest BCUT2D eigenvalue weighted by Crippen LogP contribution is 2.16. The van der Waals surface area contributed by atoms with Gasteiger partial charge in [-0.15, -0.1) is 0 Å². The van der Waals surface area contributed by atoms with Gasteiger partial charge in [-0.05, 0) is 20.8 Å². The monoisotopic (exact) mass is 260 g/mol. The first-order chi connectivity index (χ1) is 7.63. The quantitative estimate of drug-likeness (QED) is 0.864. The molecule has 0 fully saturated rings. The number of aromatic nitrogens is 2. The Bertz CT molecular complexity index is 511. The van der Waals surface area contributed by atoms with E-state index in [0.29, 0.717) is 0 Å². The van der Waals surface area contributed by atoms with Crippen molar-refractivity contribution in [2.24, 2.45) is 0 Å². The molecule has 96 valence electrons. The van der Waals surface area contributed by atoms with Crippen LogP contribution in [0.3, 0.4) is 0 Å². The molecule has 0 spiro atoms. The third kappa shape index (κ3) is 3.29. The van der Waals surface area contributed by atoms with E-state index >= 15 is 0 Å². The van der Waals surface area contributed by atoms with E-state index in [1.807, 2.05) is 0 Å². The van der Waals surface area contributed by atoms with Gasteiger partial charge in [0, 0.05) is 12.7 Å². The van der Waals surface area contributed by atoms with Crippen molar-refractivity contribution in [2.45, 2.75) is 32.1 Å². The molecule has 0 aliphatic heterocycles. The molecule has 6 nitrogen and oxygen atoms in total. The van der Waals surface area contributed by atoms with E-state index in [0.717, 1.165) is 0 Å². The van der Waals surface area contributed by atoms with Gasteiger partial charge in [-0.25, -0.2) is 18.2 Å². The van der Waals surface area contributed by atoms with E-state index in [-0.39, 0.29) is 18.0 Å². The SMILES string of the molecule is CC(C)(C)S(=O)(=O)CCn1cnc(C(=O)O)c1. The standard InChI is InChI=1S/C10H16N2O4S/c1-10(2,3)17(15,16)5-4-12-6-8(9(13)14)11-7-12/h6-7H,4-5H2,1-3H3,(H,13,14). The lowest BCUT2D eigenvalue weighted by molar-refractivity contribution is 0.0691. The number of carbonyl (C=O) groups is 1. The maximum atomic E-state index is 11.8. The Morgan fingerprint density at radius 2 is 2.06 bits per heavy atom. The van der Waals surface area contributed by atoms with Crippen molar-refractivity contribution >= 4 is 15.8 Å². The number of hydrogen-bond acceptors (Lipinski definition) is 4. The number of hydrogen-bond donors (Lipinski definition) is 1. The minimum atomic E-state index is -3.20. The van der Waals surface area contributed by atoms with E-state index in [4.69, 9.17) is 5.11 Å². The molecule has 1 rings (SSSR count). The van der Waals surface area contributed by atoms with Gasteiger partial charge in [-0.3, -0.25) is 0 Å². The first-order valence-corrected chi connectivity index (χ1v) is 6.76. The Kier molecular flexibility index (Phi) is 3.61. The molecular weight excluding hydrogens is 244 g/mol. The Morgan fingerprint density at radius 3 is 2.47 bits per heavy atom. The van der Waals surface area contributed by atoms with Crippen molar-refractivity contribution in [1.82, 2.24) is 9.55 Å². The van der Waals surface area contributed by atoms with Gasteiger partial charge >= 0.3 is 5.97 Å². The summed E-state index contributed by atoms with van der Waals surface area (Å²) in [5.41, 5.74) is -0.0850. The number of carboxylic acid groups (broad SMARTS) is 1. The maximum absolute atomic E-state index is 11.8. The van der Waals surface area contributed by atoms with E-state index < -0.39 is 20.6 Å². The van der Waals surface area contributed by atoms with Crippen LogP contribution >= 0.6 is 0 Å². The number of nitrogens with zero attached hydrogens (tertiary/aromatic N) is 2. The molecule has 0 aliphatic carbocycles. The van der Waals surface area contributed by atoms with Gasteiger partial charge in [0.25, 0.3) is 0 Å². The van der Waals surface area contributed by atoms with E-state index in [2.05, 4.69) is 4.98 Å². The molecule has 0 aliphatic rings. The molecule has 7 heteroatoms. The average molecular weight is 260 g/mol. The van der Waals surface area contributed by atoms with Gasteiger partial charge < -0.3 is 9.67 Å². The fraction of sp³-hybridized carbons (Fsp3) is 0.600. The van der Waals surface area contributed by atoms with Crippen LogP contribution in [0.25, 0.3) is 0 Å². The zero-order chi connectivity index (χ0) is 13.3. The second kappa shape index (κ2) is 4.48. The summed E-state index contributed by atoms with van der Waals surface area (Å²) in [5, 5.41) is 8.66. The lowest BCUT2D eigenvalue weighted by Gasteiger charge is -2.18. The van der Waals surface area contributed by atoms with Gasteiger partial charge in [-0.1, -0.05) is 0 Å². The summed E-state index contributed by atoms with van der Waals surface area (Å²) in [5.74, 6) is -1.16. The summed E-state index contributed by atoms with van der Waals surface area (Å²) < 4.78 is 24.3. The van der Waals surface area contributed by atoms with Gasteiger partial charge in [-0.2, -0.15) is 0 Å². The van der Waals surface area contributed by atoms with Crippen molar-refractivity contribution in [3.63, 3.8) is 0 Å². The topological polar surface area (TPSA) is 89.3 Å². The fourth-order valence-corrected chi connectivity index (χ4v) is 2.19. The summed E-state index contributed by atoms with van der Waals surface area (Å²) in [7, 11) is -3.20. The predicted molar refractivity (Wildman–Crippen MR) is 62.7 cm³/mol. The van der Waals surface area contributed by atoms with Crippen LogP contribution in [0.1, 0.15) is 31.3 Å². The summed E-state index contributed by atoms with van der Waals surface area (Å²) in [6.45, 7) is 5.12. The van der Waals surface area contributed by atoms with Gasteiger partial charge in [0.2, 0.25) is 0 Å². The third-order valence-corrected chi connectivity index (χ3v) is 4.99. The molecule has 0 radical (unpaired) electrons. The number of rotatable bonds is 4. The van der Waals surface area contributed by atoms with Crippen LogP contribution in [0.5, 0.6) is 0 Å². The van der Waals surface area contributed by atoms with Crippen molar-refractivity contribution < 1.29 is 18.3 Å². The highest BCUT2D eigenvalue weighted by molar-refractivity contribution is 7.92. The molecule has 0 bridgehead atoms. The first kappa shape index (κ1) is 13.7. The Morgan fingerprint density at radius 1 is 1.47 bits per heavy atom. The number of sulfone groups is 1. The molecule has 0 amide bonds. The van der Waals surface area contributed by atoms with Crippen LogP contribution in [-0.2, 0) is 16.4 Å². The lowest BCUT2D eigenvalue weighted by atomic mass is 10.3. The normalized spacial score (nSPS) is 12.6. The van der Waals surface area contributed by atoms with E-state index in [1.165, 1.54) is 17.1 Å². The smallest absolute Gasteiger partial charge is 0.356 e. The largest absolute Gasteiger partial charge is 0.476 e. The predicted octanol–water partition coefficient (Wildman–Crippen LogP) is 0.795. The number of carboxylic acids is 1. The van der Waals surface area contributed by atoms with Crippen LogP contribution < -0.4 is 0 Å². The summed E-state index contributed by atoms with van der Waals surface area (Å²) in [4.78, 5) is 14.2. The number of aryl methyl sites for hydroxylation is 1. The second-order valence-electron chi connectivity index (χ2n) is 4.73. The zero-order valence-corrected chi connectivity index (χ0v) is 10.9. The molecule has 0 saturated heterocycles. The van der Waals surface area contributed by atoms with Crippen molar-refractivity contribution in [1.29, 1.82) is 0 Å². The Labute approximate surface area is 100 Å². The Hall–Kier alpha value is -1.37.